The highest BCUT2D eigenvalue weighted by atomic mass is 16.5. The number of carbonyl (C=O) groups excluding carboxylic acids is 3. The van der Waals surface area contributed by atoms with Gasteiger partial charge in [0.15, 0.2) is 0 Å². The third kappa shape index (κ3) is 4.35. The summed E-state index contributed by atoms with van der Waals surface area (Å²) < 4.78 is 14.1. The number of nitrogens with one attached hydrogen (secondary N) is 1. The van der Waals surface area contributed by atoms with Gasteiger partial charge in [0.05, 0.1) is 32.4 Å². The van der Waals surface area contributed by atoms with Gasteiger partial charge in [-0.05, 0) is 31.2 Å². The summed E-state index contributed by atoms with van der Waals surface area (Å²) in [7, 11) is 2.40. The van der Waals surface area contributed by atoms with Gasteiger partial charge in [0.2, 0.25) is 0 Å². The molecule has 0 saturated carbocycles. The van der Waals surface area contributed by atoms with Crippen LogP contribution in [0, 0.1) is 0 Å². The summed E-state index contributed by atoms with van der Waals surface area (Å²) in [6.07, 6.45) is 0.991. The molecule has 1 aromatic heterocycles. The van der Waals surface area contributed by atoms with Crippen LogP contribution in [-0.4, -0.2) is 43.7 Å². The van der Waals surface area contributed by atoms with E-state index in [0.717, 1.165) is 6.08 Å². The maximum Gasteiger partial charge on any atom is 0.356 e. The molecule has 0 atom stereocenters. The minimum absolute atomic E-state index is 0.0960. The summed E-state index contributed by atoms with van der Waals surface area (Å²) in [5, 5.41) is 3.48. The van der Waals surface area contributed by atoms with E-state index in [-0.39, 0.29) is 18.0 Å². The van der Waals surface area contributed by atoms with E-state index < -0.39 is 17.9 Å². The van der Waals surface area contributed by atoms with E-state index in [1.165, 1.54) is 20.3 Å². The van der Waals surface area contributed by atoms with Crippen LogP contribution in [0.25, 0.3) is 10.9 Å². The molecule has 8 heteroatoms. The van der Waals surface area contributed by atoms with Crippen LogP contribution < -0.4 is 5.32 Å². The lowest BCUT2D eigenvalue weighted by Crippen LogP contribution is -2.15. The number of nitrogens with zero attached hydrogens (tertiary/aromatic N) is 1. The van der Waals surface area contributed by atoms with Crippen LogP contribution in [0.15, 0.2) is 42.1 Å². The van der Waals surface area contributed by atoms with Gasteiger partial charge in [-0.3, -0.25) is 0 Å². The van der Waals surface area contributed by atoms with Crippen molar-refractivity contribution < 1.29 is 28.6 Å². The van der Waals surface area contributed by atoms with Gasteiger partial charge in [0, 0.05) is 11.1 Å². The van der Waals surface area contributed by atoms with Gasteiger partial charge in [-0.15, -0.1) is 0 Å². The summed E-state index contributed by atoms with van der Waals surface area (Å²) in [6.45, 7) is 1.96. The molecule has 0 saturated heterocycles. The molecule has 0 aliphatic carbocycles. The lowest BCUT2D eigenvalue weighted by molar-refractivity contribution is -0.138. The maximum atomic E-state index is 11.9. The maximum absolute atomic E-state index is 11.9. The Labute approximate surface area is 149 Å². The summed E-state index contributed by atoms with van der Waals surface area (Å²) in [4.78, 5) is 39.4. The van der Waals surface area contributed by atoms with Gasteiger partial charge in [-0.25, -0.2) is 19.4 Å². The highest BCUT2D eigenvalue weighted by Crippen LogP contribution is 2.24. The third-order valence-corrected chi connectivity index (χ3v) is 3.35. The first kappa shape index (κ1) is 18.9. The predicted octanol–water partition coefficient (Wildman–Crippen LogP) is 2.05. The van der Waals surface area contributed by atoms with E-state index in [0.29, 0.717) is 16.6 Å². The average Bonchev–Trinajstić information content (AvgIpc) is 2.66. The molecular weight excluding hydrogens is 340 g/mol. The molecule has 1 heterocycles. The Bertz CT molecular complexity index is 875. The second-order valence-corrected chi connectivity index (χ2v) is 4.99. The van der Waals surface area contributed by atoms with Crippen molar-refractivity contribution in [3.05, 3.63) is 47.8 Å². The van der Waals surface area contributed by atoms with Crippen molar-refractivity contribution in [2.75, 3.05) is 26.1 Å². The smallest absolute Gasteiger partial charge is 0.356 e. The van der Waals surface area contributed by atoms with Gasteiger partial charge in [0.25, 0.3) is 0 Å². The summed E-state index contributed by atoms with van der Waals surface area (Å²) in [5.74, 6) is -1.96. The van der Waals surface area contributed by atoms with E-state index in [2.05, 4.69) is 19.8 Å². The minimum Gasteiger partial charge on any atom is -0.466 e. The number of benzene rings is 1. The fourth-order valence-corrected chi connectivity index (χ4v) is 2.16. The molecule has 0 bridgehead atoms. The number of ether oxygens (including phenoxy) is 3. The van der Waals surface area contributed by atoms with Crippen LogP contribution in [0.1, 0.15) is 17.4 Å². The quantitative estimate of drug-likeness (QED) is 0.475. The molecule has 2 rings (SSSR count). The average molecular weight is 358 g/mol. The molecule has 0 aliphatic rings. The topological polar surface area (TPSA) is 104 Å². The third-order valence-electron chi connectivity index (χ3n) is 3.35. The largest absolute Gasteiger partial charge is 0.466 e. The molecule has 8 nitrogen and oxygen atoms in total. The molecule has 0 spiro atoms. The van der Waals surface area contributed by atoms with Crippen LogP contribution in [-0.2, 0) is 23.8 Å². The number of methoxy groups -OCH3 is 2. The number of rotatable bonds is 6. The lowest BCUT2D eigenvalue weighted by atomic mass is 10.1. The van der Waals surface area contributed by atoms with E-state index in [4.69, 9.17) is 4.74 Å². The van der Waals surface area contributed by atoms with E-state index in [9.17, 15) is 14.4 Å². The first-order chi connectivity index (χ1) is 12.5. The summed E-state index contributed by atoms with van der Waals surface area (Å²) >= 11 is 0. The SMILES string of the molecule is CCOC(=O)c1ccc2c(N/C(=C/C(=O)OC)C(=O)OC)cccc2n1. The molecule has 0 aliphatic heterocycles. The van der Waals surface area contributed by atoms with Gasteiger partial charge in [-0.1, -0.05) is 6.07 Å². The van der Waals surface area contributed by atoms with Crippen LogP contribution in [0.3, 0.4) is 0 Å². The van der Waals surface area contributed by atoms with Crippen molar-refractivity contribution in [3.63, 3.8) is 0 Å². The van der Waals surface area contributed by atoms with Gasteiger partial charge in [0.1, 0.15) is 11.4 Å². The van der Waals surface area contributed by atoms with Crippen LogP contribution in [0.5, 0.6) is 0 Å². The monoisotopic (exact) mass is 358 g/mol. The molecule has 0 fully saturated rings. The minimum atomic E-state index is -0.733. The Balaban J connectivity index is 2.42. The Morgan fingerprint density at radius 1 is 1.12 bits per heavy atom. The number of aromatic nitrogens is 1. The van der Waals surface area contributed by atoms with Crippen molar-refractivity contribution in [2.45, 2.75) is 6.92 Å². The molecule has 26 heavy (non-hydrogen) atoms. The van der Waals surface area contributed by atoms with E-state index >= 15 is 0 Å². The van der Waals surface area contributed by atoms with Gasteiger partial charge < -0.3 is 19.5 Å². The fraction of sp³-hybridized carbons (Fsp3) is 0.222. The second kappa shape index (κ2) is 8.61. The zero-order chi connectivity index (χ0) is 19.1. The van der Waals surface area contributed by atoms with Crippen molar-refractivity contribution in [2.24, 2.45) is 0 Å². The molecule has 0 amide bonds. The normalized spacial score (nSPS) is 11.0. The predicted molar refractivity (Wildman–Crippen MR) is 93.4 cm³/mol. The number of fused-ring (bicyclic) bond motifs is 1. The van der Waals surface area contributed by atoms with Crippen molar-refractivity contribution >= 4 is 34.5 Å². The van der Waals surface area contributed by atoms with Crippen molar-refractivity contribution in [3.8, 4) is 0 Å². The Hall–Kier alpha value is -3.42. The van der Waals surface area contributed by atoms with Crippen LogP contribution in [0.2, 0.25) is 0 Å². The van der Waals surface area contributed by atoms with E-state index in [1.807, 2.05) is 0 Å². The molecule has 2 aromatic rings. The Morgan fingerprint density at radius 2 is 1.88 bits per heavy atom. The molecular formula is C18H18N2O6. The van der Waals surface area contributed by atoms with Gasteiger partial charge in [-0.2, -0.15) is 0 Å². The first-order valence-electron chi connectivity index (χ1n) is 7.72. The highest BCUT2D eigenvalue weighted by molar-refractivity contribution is 6.02. The molecule has 136 valence electrons. The molecule has 0 unspecified atom stereocenters. The van der Waals surface area contributed by atoms with Gasteiger partial charge >= 0.3 is 17.9 Å². The van der Waals surface area contributed by atoms with Crippen molar-refractivity contribution in [1.82, 2.24) is 4.98 Å². The Morgan fingerprint density at radius 3 is 2.54 bits per heavy atom. The number of pyridine rings is 1. The number of anilines is 1. The Kier molecular flexibility index (Phi) is 6.26. The number of carbonyl (C=O) groups is 3. The summed E-state index contributed by atoms with van der Waals surface area (Å²) in [6, 6.07) is 8.30. The standard InChI is InChI=1S/C18H18N2O6/c1-4-26-18(23)14-9-8-11-12(19-14)6-5-7-13(11)20-15(17(22)25-3)10-16(21)24-2/h5-10,20H,4H2,1-3H3/b15-10+. The summed E-state index contributed by atoms with van der Waals surface area (Å²) in [5.41, 5.74) is 1.10. The molecule has 0 radical (unpaired) electrons. The zero-order valence-corrected chi connectivity index (χ0v) is 14.6. The van der Waals surface area contributed by atoms with Crippen LogP contribution >= 0.6 is 0 Å². The van der Waals surface area contributed by atoms with Crippen LogP contribution in [0.4, 0.5) is 5.69 Å². The molecule has 1 aromatic carbocycles. The van der Waals surface area contributed by atoms with E-state index in [1.54, 1.807) is 31.2 Å². The number of esters is 3. The fourth-order valence-electron chi connectivity index (χ4n) is 2.16. The first-order valence-corrected chi connectivity index (χ1v) is 7.72. The zero-order valence-electron chi connectivity index (χ0n) is 14.6. The molecule has 1 N–H and O–H groups in total. The van der Waals surface area contributed by atoms with Crippen molar-refractivity contribution in [1.29, 1.82) is 0 Å². The number of hydrogen-bond donors (Lipinski definition) is 1. The second-order valence-electron chi connectivity index (χ2n) is 4.99. The lowest BCUT2D eigenvalue weighted by Gasteiger charge is -2.12. The number of hydrogen-bond acceptors (Lipinski definition) is 8. The highest BCUT2D eigenvalue weighted by Gasteiger charge is 2.15.